The molecule has 112 valence electrons. The second kappa shape index (κ2) is 5.09. The van der Waals surface area contributed by atoms with Crippen molar-refractivity contribution in [2.75, 3.05) is 0 Å². The number of carboxylic acid groups (broad SMARTS) is 4. The second-order valence-electron chi connectivity index (χ2n) is 4.01. The zero-order valence-electron chi connectivity index (χ0n) is 10.5. The smallest absolute Gasteiger partial charge is 0.338 e. The van der Waals surface area contributed by atoms with Gasteiger partial charge in [0.25, 0.3) is 0 Å². The molecule has 0 aliphatic carbocycles. The Hall–Kier alpha value is -3.56. The number of fused-ring (bicyclic) bond motifs is 1. The van der Waals surface area contributed by atoms with Gasteiger partial charge in [0, 0.05) is 11.6 Å². The summed E-state index contributed by atoms with van der Waals surface area (Å²) in [5.41, 5.74) is -4.55. The minimum Gasteiger partial charge on any atom is -0.478 e. The number of carboxylic acids is 4. The van der Waals surface area contributed by atoms with Crippen LogP contribution in [0.4, 0.5) is 0 Å². The lowest BCUT2D eigenvalue weighted by atomic mass is 9.91. The number of nitrogens with zero attached hydrogens (tertiary/aromatic N) is 2. The van der Waals surface area contributed by atoms with E-state index in [1.54, 1.807) is 0 Å². The average Bonchev–Trinajstić information content (AvgIpc) is 2.43. The number of hydrogen-bond acceptors (Lipinski definition) is 6. The number of hydrogen-bond donors (Lipinski definition) is 4. The van der Waals surface area contributed by atoms with Crippen LogP contribution in [0.1, 0.15) is 41.4 Å². The van der Waals surface area contributed by atoms with Gasteiger partial charge in [-0.2, -0.15) is 0 Å². The van der Waals surface area contributed by atoms with Crippen molar-refractivity contribution in [1.29, 1.82) is 0 Å². The monoisotopic (exact) mass is 306 g/mol. The highest BCUT2D eigenvalue weighted by molar-refractivity contribution is 6.22. The molecule has 0 atom stereocenters. The maximum Gasteiger partial charge on any atom is 0.338 e. The quantitative estimate of drug-likeness (QED) is 0.619. The topological polar surface area (TPSA) is 175 Å². The molecule has 0 amide bonds. The molecule has 4 N–H and O–H groups in total. The van der Waals surface area contributed by atoms with Gasteiger partial charge in [0.1, 0.15) is 11.9 Å². The standard InChI is InChI=1S/C12H6N2O8/c15-9(16)4-3-1-13-2-14-8(3)7(12(21)22)6(11(19)20)5(4)10(17)18/h1-2H,(H,15,16)(H,17,18)(H,19,20)(H,21,22). The van der Waals surface area contributed by atoms with Crippen molar-refractivity contribution in [3.63, 3.8) is 0 Å². The molecule has 0 fully saturated rings. The molecular formula is C12H6N2O8. The van der Waals surface area contributed by atoms with E-state index >= 15 is 0 Å². The highest BCUT2D eigenvalue weighted by Crippen LogP contribution is 2.29. The van der Waals surface area contributed by atoms with Crippen LogP contribution in [0.3, 0.4) is 0 Å². The van der Waals surface area contributed by atoms with Crippen molar-refractivity contribution in [2.24, 2.45) is 0 Å². The molecule has 0 saturated carbocycles. The van der Waals surface area contributed by atoms with Gasteiger partial charge in [0.05, 0.1) is 22.2 Å². The lowest BCUT2D eigenvalue weighted by molar-refractivity contribution is 0.0621. The Bertz CT molecular complexity index is 787. The fourth-order valence-electron chi connectivity index (χ4n) is 2.07. The van der Waals surface area contributed by atoms with Crippen molar-refractivity contribution in [1.82, 2.24) is 9.97 Å². The van der Waals surface area contributed by atoms with Crippen LogP contribution in [0.2, 0.25) is 0 Å². The third-order valence-electron chi connectivity index (χ3n) is 2.82. The number of carbonyl (C=O) groups is 4. The molecule has 0 bridgehead atoms. The molecule has 0 radical (unpaired) electrons. The van der Waals surface area contributed by atoms with Crippen LogP contribution in [0, 0.1) is 0 Å². The Balaban J connectivity index is 3.25. The molecule has 0 unspecified atom stereocenters. The summed E-state index contributed by atoms with van der Waals surface area (Å²) in [5.74, 6) is -7.27. The third kappa shape index (κ3) is 2.08. The highest BCUT2D eigenvalue weighted by atomic mass is 16.4. The molecule has 10 heteroatoms. The summed E-state index contributed by atoms with van der Waals surface area (Å²) in [6.07, 6.45) is 1.81. The van der Waals surface area contributed by atoms with Crippen LogP contribution in [-0.4, -0.2) is 54.3 Å². The molecule has 10 nitrogen and oxygen atoms in total. The maximum absolute atomic E-state index is 11.3. The van der Waals surface area contributed by atoms with E-state index < -0.39 is 51.6 Å². The number of aromatic carboxylic acids is 4. The van der Waals surface area contributed by atoms with Crippen LogP contribution < -0.4 is 0 Å². The zero-order chi connectivity index (χ0) is 16.6. The van der Waals surface area contributed by atoms with Gasteiger partial charge in [-0.3, -0.25) is 0 Å². The van der Waals surface area contributed by atoms with E-state index in [2.05, 4.69) is 9.97 Å². The largest absolute Gasteiger partial charge is 0.478 e. The fourth-order valence-corrected chi connectivity index (χ4v) is 2.07. The van der Waals surface area contributed by atoms with Crippen LogP contribution in [0.15, 0.2) is 12.5 Å². The van der Waals surface area contributed by atoms with E-state index in [9.17, 15) is 29.4 Å². The molecule has 1 aromatic carbocycles. The molecule has 0 aliphatic rings. The Labute approximate surface area is 120 Å². The van der Waals surface area contributed by atoms with Crippen molar-refractivity contribution >= 4 is 34.8 Å². The summed E-state index contributed by atoms with van der Waals surface area (Å²) in [7, 11) is 0. The highest BCUT2D eigenvalue weighted by Gasteiger charge is 2.33. The minimum absolute atomic E-state index is 0.380. The van der Waals surface area contributed by atoms with Gasteiger partial charge in [-0.15, -0.1) is 0 Å². The van der Waals surface area contributed by atoms with E-state index in [4.69, 9.17) is 10.2 Å². The van der Waals surface area contributed by atoms with Crippen LogP contribution in [0.5, 0.6) is 0 Å². The number of benzene rings is 1. The van der Waals surface area contributed by atoms with E-state index in [1.807, 2.05) is 0 Å². The zero-order valence-corrected chi connectivity index (χ0v) is 10.5. The van der Waals surface area contributed by atoms with E-state index in [1.165, 1.54) is 0 Å². The van der Waals surface area contributed by atoms with Gasteiger partial charge < -0.3 is 20.4 Å². The van der Waals surface area contributed by atoms with Crippen LogP contribution in [-0.2, 0) is 0 Å². The Morgan fingerprint density at radius 2 is 1.18 bits per heavy atom. The van der Waals surface area contributed by atoms with Gasteiger partial charge in [0.15, 0.2) is 0 Å². The molecule has 2 rings (SSSR count). The molecule has 1 heterocycles. The van der Waals surface area contributed by atoms with E-state index in [-0.39, 0.29) is 5.39 Å². The lowest BCUT2D eigenvalue weighted by Crippen LogP contribution is -2.20. The van der Waals surface area contributed by atoms with Gasteiger partial charge in [-0.25, -0.2) is 29.1 Å². The first-order chi connectivity index (χ1) is 10.3. The van der Waals surface area contributed by atoms with Gasteiger partial charge in [-0.1, -0.05) is 0 Å². The maximum atomic E-state index is 11.3. The second-order valence-corrected chi connectivity index (χ2v) is 4.01. The molecule has 0 spiro atoms. The summed E-state index contributed by atoms with van der Waals surface area (Å²) in [6.45, 7) is 0. The number of aromatic nitrogens is 2. The van der Waals surface area contributed by atoms with E-state index in [0.717, 1.165) is 12.5 Å². The predicted molar refractivity (Wildman–Crippen MR) is 67.4 cm³/mol. The van der Waals surface area contributed by atoms with Gasteiger partial charge in [0.2, 0.25) is 0 Å². The van der Waals surface area contributed by atoms with Crippen LogP contribution in [0.25, 0.3) is 10.9 Å². The molecule has 2 aromatic rings. The summed E-state index contributed by atoms with van der Waals surface area (Å²) >= 11 is 0. The SMILES string of the molecule is O=C(O)c1c(C(=O)O)c(C(=O)O)c2ncncc2c1C(=O)O. The Kier molecular flexibility index (Phi) is 3.43. The van der Waals surface area contributed by atoms with E-state index in [0.29, 0.717) is 0 Å². The summed E-state index contributed by atoms with van der Waals surface area (Å²) in [4.78, 5) is 52.4. The van der Waals surface area contributed by atoms with Crippen molar-refractivity contribution in [3.05, 3.63) is 34.8 Å². The van der Waals surface area contributed by atoms with Crippen molar-refractivity contribution in [3.8, 4) is 0 Å². The summed E-state index contributed by atoms with van der Waals surface area (Å²) in [5, 5.41) is 36.3. The average molecular weight is 306 g/mol. The first kappa shape index (κ1) is 14.8. The lowest BCUT2D eigenvalue weighted by Gasteiger charge is -2.12. The normalized spacial score (nSPS) is 10.4. The van der Waals surface area contributed by atoms with Gasteiger partial charge in [-0.05, 0) is 0 Å². The fraction of sp³-hybridized carbons (Fsp3) is 0. The summed E-state index contributed by atoms with van der Waals surface area (Å²) in [6, 6.07) is 0. The molecule has 0 aliphatic heterocycles. The first-order valence-corrected chi connectivity index (χ1v) is 5.50. The van der Waals surface area contributed by atoms with Crippen LogP contribution >= 0.6 is 0 Å². The third-order valence-corrected chi connectivity index (χ3v) is 2.82. The Morgan fingerprint density at radius 3 is 1.64 bits per heavy atom. The molecule has 1 aromatic heterocycles. The number of rotatable bonds is 4. The molecule has 0 saturated heterocycles. The minimum atomic E-state index is -1.89. The van der Waals surface area contributed by atoms with Gasteiger partial charge >= 0.3 is 23.9 Å². The van der Waals surface area contributed by atoms with Crippen molar-refractivity contribution < 1.29 is 39.6 Å². The summed E-state index contributed by atoms with van der Waals surface area (Å²) < 4.78 is 0. The van der Waals surface area contributed by atoms with Crippen molar-refractivity contribution in [2.45, 2.75) is 0 Å². The Morgan fingerprint density at radius 1 is 0.727 bits per heavy atom. The molecule has 22 heavy (non-hydrogen) atoms. The predicted octanol–water partition coefficient (Wildman–Crippen LogP) is 0.423. The first-order valence-electron chi connectivity index (χ1n) is 5.50. The molecular weight excluding hydrogens is 300 g/mol.